The summed E-state index contributed by atoms with van der Waals surface area (Å²) in [4.78, 5) is 26.4. The number of carboxylic acids is 1. The maximum absolute atomic E-state index is 13.2. The smallest absolute Gasteiger partial charge is 0.335 e. The first kappa shape index (κ1) is 18.7. The van der Waals surface area contributed by atoms with Crippen LogP contribution in [0.2, 0.25) is 0 Å². The van der Waals surface area contributed by atoms with Crippen LogP contribution in [0.3, 0.4) is 0 Å². The summed E-state index contributed by atoms with van der Waals surface area (Å²) in [5.41, 5.74) is 3.01. The molecule has 2 fully saturated rings. The molecular weight excluding hydrogens is 354 g/mol. The van der Waals surface area contributed by atoms with E-state index in [1.54, 1.807) is 24.4 Å². The van der Waals surface area contributed by atoms with Crippen LogP contribution < -0.4 is 0 Å². The Bertz CT molecular complexity index is 854. The fraction of sp³-hybridized carbons (Fsp3) is 0.500. The molecule has 1 amide bonds. The molecule has 2 N–H and O–H groups in total. The molecule has 0 unspecified atom stereocenters. The largest absolute Gasteiger partial charge is 0.478 e. The van der Waals surface area contributed by atoms with Gasteiger partial charge in [-0.25, -0.2) is 4.79 Å². The predicted octanol–water partition coefficient (Wildman–Crippen LogP) is 4.18. The second kappa shape index (κ2) is 8.17. The third-order valence-electron chi connectivity index (χ3n) is 6.23. The Hall–Kier alpha value is -2.63. The average molecular weight is 381 g/mol. The molecular formula is C22H27N3O3. The number of benzene rings is 1. The number of aromatic nitrogens is 2. The van der Waals surface area contributed by atoms with E-state index in [9.17, 15) is 14.7 Å². The quantitative estimate of drug-likeness (QED) is 0.832. The van der Waals surface area contributed by atoms with Crippen LogP contribution in [0.4, 0.5) is 0 Å². The number of aromatic amines is 1. The van der Waals surface area contributed by atoms with E-state index >= 15 is 0 Å². The number of H-pyrrole nitrogens is 1. The van der Waals surface area contributed by atoms with Gasteiger partial charge in [0.1, 0.15) is 0 Å². The number of carbonyl (C=O) groups excluding carboxylic acids is 1. The highest BCUT2D eigenvalue weighted by Gasteiger charge is 2.30. The van der Waals surface area contributed by atoms with E-state index in [0.29, 0.717) is 23.6 Å². The van der Waals surface area contributed by atoms with Crippen LogP contribution in [0.25, 0.3) is 0 Å². The lowest BCUT2D eigenvalue weighted by atomic mass is 9.85. The van der Waals surface area contributed by atoms with Crippen LogP contribution in [0.5, 0.6) is 0 Å². The maximum Gasteiger partial charge on any atom is 0.335 e. The molecule has 1 aromatic carbocycles. The molecule has 2 heterocycles. The van der Waals surface area contributed by atoms with E-state index in [4.69, 9.17) is 0 Å². The van der Waals surface area contributed by atoms with Crippen LogP contribution >= 0.6 is 0 Å². The normalized spacial score (nSPS) is 20.9. The summed E-state index contributed by atoms with van der Waals surface area (Å²) < 4.78 is 0. The summed E-state index contributed by atoms with van der Waals surface area (Å²) in [5, 5.41) is 16.5. The van der Waals surface area contributed by atoms with E-state index < -0.39 is 5.97 Å². The predicted molar refractivity (Wildman–Crippen MR) is 106 cm³/mol. The number of aromatic carboxylic acids is 1. The summed E-state index contributed by atoms with van der Waals surface area (Å²) >= 11 is 0. The second-order valence-electron chi connectivity index (χ2n) is 8.05. The summed E-state index contributed by atoms with van der Waals surface area (Å²) in [6.45, 7) is 1.36. The topological polar surface area (TPSA) is 86.3 Å². The Morgan fingerprint density at radius 3 is 2.64 bits per heavy atom. The number of piperidine rings is 1. The van der Waals surface area contributed by atoms with E-state index in [2.05, 4.69) is 10.2 Å². The van der Waals surface area contributed by atoms with Crippen LogP contribution in [-0.4, -0.2) is 45.2 Å². The number of rotatable bonds is 4. The van der Waals surface area contributed by atoms with Gasteiger partial charge in [0, 0.05) is 24.9 Å². The highest BCUT2D eigenvalue weighted by Crippen LogP contribution is 2.34. The lowest BCUT2D eigenvalue weighted by Gasteiger charge is -2.33. The molecule has 0 radical (unpaired) electrons. The molecule has 148 valence electrons. The van der Waals surface area contributed by atoms with Crippen molar-refractivity contribution in [2.45, 2.75) is 56.8 Å². The first-order valence-corrected chi connectivity index (χ1v) is 10.3. The SMILES string of the molecule is O=C(O)c1cccc([C@H]2CCCN(C(=O)c3cn[nH]c3C3CCCCC3)C2)c1. The van der Waals surface area contributed by atoms with Crippen molar-refractivity contribution in [2.24, 2.45) is 0 Å². The zero-order valence-electron chi connectivity index (χ0n) is 16.1. The number of hydrogen-bond donors (Lipinski definition) is 2. The fourth-order valence-electron chi connectivity index (χ4n) is 4.70. The second-order valence-corrected chi connectivity index (χ2v) is 8.05. The lowest BCUT2D eigenvalue weighted by Crippen LogP contribution is -2.39. The molecule has 6 heteroatoms. The summed E-state index contributed by atoms with van der Waals surface area (Å²) in [6.07, 6.45) is 9.50. The number of amides is 1. The number of likely N-dealkylation sites (tertiary alicyclic amines) is 1. The highest BCUT2D eigenvalue weighted by atomic mass is 16.4. The van der Waals surface area contributed by atoms with Gasteiger partial charge in [0.25, 0.3) is 5.91 Å². The number of hydrogen-bond acceptors (Lipinski definition) is 3. The van der Waals surface area contributed by atoms with E-state index in [-0.39, 0.29) is 11.8 Å². The van der Waals surface area contributed by atoms with Gasteiger partial charge in [0.15, 0.2) is 0 Å². The van der Waals surface area contributed by atoms with Gasteiger partial charge in [-0.1, -0.05) is 31.4 Å². The molecule has 6 nitrogen and oxygen atoms in total. The lowest BCUT2D eigenvalue weighted by molar-refractivity contribution is 0.0687. The molecule has 0 bridgehead atoms. The van der Waals surface area contributed by atoms with Gasteiger partial charge in [-0.2, -0.15) is 5.10 Å². The van der Waals surface area contributed by atoms with Crippen molar-refractivity contribution < 1.29 is 14.7 Å². The van der Waals surface area contributed by atoms with Crippen molar-refractivity contribution in [2.75, 3.05) is 13.1 Å². The first-order chi connectivity index (χ1) is 13.6. The van der Waals surface area contributed by atoms with Crippen LogP contribution in [0, 0.1) is 0 Å². The number of carboxylic acid groups (broad SMARTS) is 1. The van der Waals surface area contributed by atoms with Gasteiger partial charge >= 0.3 is 5.97 Å². The Kier molecular flexibility index (Phi) is 5.46. The molecule has 1 aliphatic heterocycles. The Morgan fingerprint density at radius 1 is 1.07 bits per heavy atom. The summed E-state index contributed by atoms with van der Waals surface area (Å²) in [6, 6.07) is 7.11. The number of carbonyl (C=O) groups is 2. The first-order valence-electron chi connectivity index (χ1n) is 10.3. The van der Waals surface area contributed by atoms with Crippen molar-refractivity contribution >= 4 is 11.9 Å². The van der Waals surface area contributed by atoms with E-state index in [1.165, 1.54) is 19.3 Å². The van der Waals surface area contributed by atoms with Crippen molar-refractivity contribution in [1.82, 2.24) is 15.1 Å². The highest BCUT2D eigenvalue weighted by molar-refractivity contribution is 5.95. The molecule has 2 aliphatic rings. The molecule has 1 aliphatic carbocycles. The zero-order valence-corrected chi connectivity index (χ0v) is 16.1. The van der Waals surface area contributed by atoms with Crippen LogP contribution in [0.1, 0.15) is 88.8 Å². The van der Waals surface area contributed by atoms with Crippen molar-refractivity contribution in [3.63, 3.8) is 0 Å². The average Bonchev–Trinajstić information content (AvgIpc) is 3.24. The van der Waals surface area contributed by atoms with Crippen LogP contribution in [-0.2, 0) is 0 Å². The molecule has 4 rings (SSSR count). The molecule has 1 aromatic heterocycles. The van der Waals surface area contributed by atoms with Gasteiger partial charge in [-0.15, -0.1) is 0 Å². The molecule has 1 saturated carbocycles. The zero-order chi connectivity index (χ0) is 19.5. The van der Waals surface area contributed by atoms with Gasteiger partial charge in [-0.05, 0) is 43.4 Å². The monoisotopic (exact) mass is 381 g/mol. The Morgan fingerprint density at radius 2 is 1.86 bits per heavy atom. The Labute approximate surface area is 164 Å². The van der Waals surface area contributed by atoms with Gasteiger partial charge in [0.05, 0.1) is 23.0 Å². The summed E-state index contributed by atoms with van der Waals surface area (Å²) in [5.74, 6) is -0.292. The minimum atomic E-state index is -0.916. The molecule has 28 heavy (non-hydrogen) atoms. The van der Waals surface area contributed by atoms with Gasteiger partial charge in [-0.3, -0.25) is 9.89 Å². The third-order valence-corrected chi connectivity index (χ3v) is 6.23. The molecule has 2 aromatic rings. The molecule has 0 spiro atoms. The number of nitrogens with one attached hydrogen (secondary N) is 1. The van der Waals surface area contributed by atoms with Gasteiger partial charge in [0.2, 0.25) is 0 Å². The molecule has 1 atom stereocenters. The Balaban J connectivity index is 1.51. The third kappa shape index (κ3) is 3.81. The van der Waals surface area contributed by atoms with Gasteiger partial charge < -0.3 is 10.0 Å². The van der Waals surface area contributed by atoms with E-state index in [1.807, 2.05) is 11.0 Å². The maximum atomic E-state index is 13.2. The van der Waals surface area contributed by atoms with Crippen LogP contribution in [0.15, 0.2) is 30.5 Å². The van der Waals surface area contributed by atoms with Crippen molar-refractivity contribution in [1.29, 1.82) is 0 Å². The number of nitrogens with zero attached hydrogens (tertiary/aromatic N) is 2. The standard InChI is InChI=1S/C22H27N3O3/c26-21(19-13-23-24-20(19)15-6-2-1-3-7-15)25-11-5-10-18(14-25)16-8-4-9-17(12-16)22(27)28/h4,8-9,12-13,15,18H,1-3,5-7,10-11,14H2,(H,23,24)(H,27,28)/t18-/m0/s1. The summed E-state index contributed by atoms with van der Waals surface area (Å²) in [7, 11) is 0. The fourth-order valence-corrected chi connectivity index (χ4v) is 4.70. The van der Waals surface area contributed by atoms with Crippen molar-refractivity contribution in [3.8, 4) is 0 Å². The van der Waals surface area contributed by atoms with Crippen molar-refractivity contribution in [3.05, 3.63) is 52.8 Å². The minimum Gasteiger partial charge on any atom is -0.478 e. The van der Waals surface area contributed by atoms with E-state index in [0.717, 1.165) is 43.5 Å². The molecule has 1 saturated heterocycles. The minimum absolute atomic E-state index is 0.0495.